The number of hydrogen-bond donors (Lipinski definition) is 1. The van der Waals surface area contributed by atoms with Gasteiger partial charge in [0, 0.05) is 24.7 Å². The van der Waals surface area contributed by atoms with Crippen LogP contribution in [0.3, 0.4) is 0 Å². The highest BCUT2D eigenvalue weighted by molar-refractivity contribution is 6.31. The van der Waals surface area contributed by atoms with Gasteiger partial charge in [0.05, 0.1) is 30.8 Å². The lowest BCUT2D eigenvalue weighted by molar-refractivity contribution is 0.0650. The van der Waals surface area contributed by atoms with Gasteiger partial charge in [0.25, 0.3) is 0 Å². The fourth-order valence-corrected chi connectivity index (χ4v) is 4.46. The number of nitrogens with zero attached hydrogens (tertiary/aromatic N) is 3. The van der Waals surface area contributed by atoms with Gasteiger partial charge in [0.2, 0.25) is 0 Å². The quantitative estimate of drug-likeness (QED) is 0.644. The maximum atomic E-state index is 9.96. The molecule has 0 bridgehead atoms. The van der Waals surface area contributed by atoms with E-state index in [1.165, 1.54) is 5.56 Å². The maximum Gasteiger partial charge on any atom is 0.123 e. The molecule has 3 aromatic rings. The van der Waals surface area contributed by atoms with Crippen molar-refractivity contribution in [1.82, 2.24) is 14.5 Å². The van der Waals surface area contributed by atoms with Crippen molar-refractivity contribution >= 4 is 22.6 Å². The number of aliphatic hydroxyl groups is 1. The first-order valence-corrected chi connectivity index (χ1v) is 10.6. The summed E-state index contributed by atoms with van der Waals surface area (Å²) in [5.74, 6) is 1.90. The van der Waals surface area contributed by atoms with Crippen molar-refractivity contribution in [2.75, 3.05) is 7.11 Å². The molecule has 29 heavy (non-hydrogen) atoms. The third-order valence-corrected chi connectivity index (χ3v) is 6.22. The van der Waals surface area contributed by atoms with Crippen molar-refractivity contribution in [1.29, 1.82) is 0 Å². The number of rotatable bonds is 6. The highest BCUT2D eigenvalue weighted by Gasteiger charge is 2.26. The lowest BCUT2D eigenvalue weighted by atomic mass is 9.91. The zero-order valence-corrected chi connectivity index (χ0v) is 17.8. The summed E-state index contributed by atoms with van der Waals surface area (Å²) in [6.45, 7) is 1.57. The van der Waals surface area contributed by atoms with Gasteiger partial charge in [0.15, 0.2) is 0 Å². The predicted octanol–water partition coefficient (Wildman–Crippen LogP) is 4.54. The zero-order chi connectivity index (χ0) is 20.4. The van der Waals surface area contributed by atoms with Crippen LogP contribution >= 0.6 is 11.6 Å². The van der Waals surface area contributed by atoms with Gasteiger partial charge >= 0.3 is 0 Å². The minimum atomic E-state index is -0.164. The van der Waals surface area contributed by atoms with Crippen molar-refractivity contribution in [2.45, 2.75) is 50.9 Å². The standard InChI is InChI=1S/C23H28ClN3O2/c1-26-22-11-6-17(24)13-21(22)25-23(26)15-27(18-7-9-19(28)10-8-18)14-16-4-3-5-20(12-16)29-2/h3-6,11-13,18-19,28H,7-10,14-15H2,1-2H3. The molecule has 0 spiro atoms. The number of aliphatic hydroxyl groups excluding tert-OH is 1. The monoisotopic (exact) mass is 413 g/mol. The summed E-state index contributed by atoms with van der Waals surface area (Å²) in [5.41, 5.74) is 3.23. The Bertz CT molecular complexity index is 979. The van der Waals surface area contributed by atoms with Crippen LogP contribution in [0.25, 0.3) is 11.0 Å². The molecule has 0 amide bonds. The average Bonchev–Trinajstić information content (AvgIpc) is 3.03. The largest absolute Gasteiger partial charge is 0.497 e. The van der Waals surface area contributed by atoms with E-state index in [-0.39, 0.29) is 6.10 Å². The summed E-state index contributed by atoms with van der Waals surface area (Å²) in [4.78, 5) is 7.35. The third kappa shape index (κ3) is 4.58. The van der Waals surface area contributed by atoms with Gasteiger partial charge in [-0.25, -0.2) is 4.98 Å². The molecule has 154 valence electrons. The number of ether oxygens (including phenoxy) is 1. The molecule has 0 saturated heterocycles. The van der Waals surface area contributed by atoms with Gasteiger partial charge in [-0.3, -0.25) is 4.90 Å². The van der Waals surface area contributed by atoms with E-state index in [0.29, 0.717) is 11.1 Å². The summed E-state index contributed by atoms with van der Waals surface area (Å²) in [7, 11) is 3.76. The Kier molecular flexibility index (Phi) is 6.09. The number of hydrogen-bond acceptors (Lipinski definition) is 4. The molecule has 0 aliphatic heterocycles. The molecule has 1 aromatic heterocycles. The molecule has 0 unspecified atom stereocenters. The third-order valence-electron chi connectivity index (χ3n) is 5.98. The second-order valence-corrected chi connectivity index (χ2v) is 8.38. The molecule has 2 aromatic carbocycles. The summed E-state index contributed by atoms with van der Waals surface area (Å²) >= 11 is 6.16. The molecule has 0 radical (unpaired) electrons. The van der Waals surface area contributed by atoms with E-state index >= 15 is 0 Å². The summed E-state index contributed by atoms with van der Waals surface area (Å²) < 4.78 is 7.56. The summed E-state index contributed by atoms with van der Waals surface area (Å²) in [6.07, 6.45) is 3.55. The van der Waals surface area contributed by atoms with Crippen molar-refractivity contribution in [3.05, 3.63) is 58.9 Å². The normalized spacial score (nSPS) is 19.8. The molecule has 1 heterocycles. The van der Waals surface area contributed by atoms with Crippen LogP contribution in [0.5, 0.6) is 5.75 Å². The van der Waals surface area contributed by atoms with Crippen LogP contribution in [-0.2, 0) is 20.1 Å². The molecular weight excluding hydrogens is 386 g/mol. The molecule has 1 fully saturated rings. The first-order valence-electron chi connectivity index (χ1n) is 10.2. The van der Waals surface area contributed by atoms with Crippen LogP contribution in [-0.4, -0.2) is 38.8 Å². The Morgan fingerprint density at radius 2 is 1.93 bits per heavy atom. The number of fused-ring (bicyclic) bond motifs is 1. The van der Waals surface area contributed by atoms with Crippen LogP contribution in [0.2, 0.25) is 5.02 Å². The van der Waals surface area contributed by atoms with Crippen molar-refractivity contribution in [3.63, 3.8) is 0 Å². The smallest absolute Gasteiger partial charge is 0.123 e. The van der Waals surface area contributed by atoms with Crippen LogP contribution in [0, 0.1) is 0 Å². The number of benzene rings is 2. The van der Waals surface area contributed by atoms with E-state index in [1.54, 1.807) is 7.11 Å². The number of aromatic nitrogens is 2. The fourth-order valence-electron chi connectivity index (χ4n) is 4.29. The lowest BCUT2D eigenvalue weighted by Gasteiger charge is -2.35. The topological polar surface area (TPSA) is 50.5 Å². The first-order chi connectivity index (χ1) is 14.0. The van der Waals surface area contributed by atoms with Gasteiger partial charge in [-0.15, -0.1) is 0 Å². The van der Waals surface area contributed by atoms with Crippen molar-refractivity contribution in [3.8, 4) is 5.75 Å². The minimum Gasteiger partial charge on any atom is -0.497 e. The molecule has 1 saturated carbocycles. The lowest BCUT2D eigenvalue weighted by Crippen LogP contribution is -2.38. The van der Waals surface area contributed by atoms with E-state index in [0.717, 1.165) is 61.4 Å². The summed E-state index contributed by atoms with van der Waals surface area (Å²) in [6, 6.07) is 14.5. The number of aryl methyl sites for hydroxylation is 1. The fraction of sp³-hybridized carbons (Fsp3) is 0.435. The van der Waals surface area contributed by atoms with Crippen LogP contribution in [0.15, 0.2) is 42.5 Å². The first kappa shape index (κ1) is 20.2. The van der Waals surface area contributed by atoms with Crippen LogP contribution < -0.4 is 4.74 Å². The number of imidazole rings is 1. The second-order valence-electron chi connectivity index (χ2n) is 7.94. The van der Waals surface area contributed by atoms with Crippen molar-refractivity contribution in [2.24, 2.45) is 7.05 Å². The van der Waals surface area contributed by atoms with E-state index in [9.17, 15) is 5.11 Å². The SMILES string of the molecule is COc1cccc(CN(Cc2nc3cc(Cl)ccc3n2C)C2CCC(O)CC2)c1. The number of halogens is 1. The Labute approximate surface area is 176 Å². The van der Waals surface area contributed by atoms with Gasteiger partial charge in [-0.05, 0) is 61.6 Å². The zero-order valence-electron chi connectivity index (χ0n) is 17.0. The molecular formula is C23H28ClN3O2. The predicted molar refractivity (Wildman–Crippen MR) is 116 cm³/mol. The molecule has 1 aliphatic carbocycles. The van der Waals surface area contributed by atoms with Crippen LogP contribution in [0.1, 0.15) is 37.1 Å². The van der Waals surface area contributed by atoms with Gasteiger partial charge in [-0.1, -0.05) is 23.7 Å². The Morgan fingerprint density at radius 3 is 2.69 bits per heavy atom. The van der Waals surface area contributed by atoms with Gasteiger partial charge in [-0.2, -0.15) is 0 Å². The molecule has 0 atom stereocenters. The Balaban J connectivity index is 1.62. The minimum absolute atomic E-state index is 0.164. The number of methoxy groups -OCH3 is 1. The van der Waals surface area contributed by atoms with Gasteiger partial charge < -0.3 is 14.4 Å². The second kappa shape index (κ2) is 8.74. The van der Waals surface area contributed by atoms with Crippen LogP contribution in [0.4, 0.5) is 0 Å². The summed E-state index contributed by atoms with van der Waals surface area (Å²) in [5, 5.41) is 10.7. The molecule has 4 rings (SSSR count). The van der Waals surface area contributed by atoms with E-state index in [1.807, 2.05) is 30.3 Å². The maximum absolute atomic E-state index is 9.96. The highest BCUT2D eigenvalue weighted by atomic mass is 35.5. The van der Waals surface area contributed by atoms with E-state index in [2.05, 4.69) is 28.6 Å². The highest BCUT2D eigenvalue weighted by Crippen LogP contribution is 2.28. The molecule has 5 nitrogen and oxygen atoms in total. The van der Waals surface area contributed by atoms with E-state index in [4.69, 9.17) is 21.3 Å². The van der Waals surface area contributed by atoms with E-state index < -0.39 is 0 Å². The van der Waals surface area contributed by atoms with Gasteiger partial charge in [0.1, 0.15) is 11.6 Å². The van der Waals surface area contributed by atoms with Crippen molar-refractivity contribution < 1.29 is 9.84 Å². The Morgan fingerprint density at radius 1 is 1.14 bits per heavy atom. The molecule has 6 heteroatoms. The molecule has 1 N–H and O–H groups in total. The Hall–Kier alpha value is -2.08. The molecule has 1 aliphatic rings. The average molecular weight is 414 g/mol.